The molecule has 0 unspecified atom stereocenters. The van der Waals surface area contributed by atoms with Gasteiger partial charge in [0.2, 0.25) is 0 Å². The van der Waals surface area contributed by atoms with Crippen molar-refractivity contribution in [1.29, 1.82) is 0 Å². The average molecular weight is 267 g/mol. The molecule has 0 aliphatic heterocycles. The lowest BCUT2D eigenvalue weighted by molar-refractivity contribution is -0.385. The summed E-state index contributed by atoms with van der Waals surface area (Å²) in [7, 11) is 0. The number of nitrogens with zero attached hydrogens (tertiary/aromatic N) is 1. The maximum atomic E-state index is 10.9. The van der Waals surface area contributed by atoms with E-state index < -0.39 is 16.3 Å². The average Bonchev–Trinajstić information content (AvgIpc) is 2.30. The maximum absolute atomic E-state index is 10.9. The molecule has 1 aromatic carbocycles. The SMILES string of the molecule is Cc1ccc(OCCC(C)(C)C(=O)O)c([N+](=O)[O-])c1. The van der Waals surface area contributed by atoms with Crippen LogP contribution in [0.2, 0.25) is 0 Å². The molecule has 0 saturated heterocycles. The topological polar surface area (TPSA) is 89.7 Å². The number of aliphatic carboxylic acids is 1. The molecule has 0 saturated carbocycles. The number of ether oxygens (including phenoxy) is 1. The van der Waals surface area contributed by atoms with Gasteiger partial charge in [0, 0.05) is 6.07 Å². The Morgan fingerprint density at radius 3 is 2.63 bits per heavy atom. The monoisotopic (exact) mass is 267 g/mol. The number of nitro groups is 1. The first-order chi connectivity index (χ1) is 8.74. The zero-order valence-electron chi connectivity index (χ0n) is 11.2. The molecule has 0 amide bonds. The van der Waals surface area contributed by atoms with Crippen LogP contribution in [0.25, 0.3) is 0 Å². The van der Waals surface area contributed by atoms with E-state index in [4.69, 9.17) is 9.84 Å². The molecule has 0 aliphatic carbocycles. The van der Waals surface area contributed by atoms with Crippen LogP contribution in [0, 0.1) is 22.5 Å². The molecule has 6 heteroatoms. The number of benzene rings is 1. The Hall–Kier alpha value is -2.11. The summed E-state index contributed by atoms with van der Waals surface area (Å²) in [5, 5.41) is 19.8. The van der Waals surface area contributed by atoms with Gasteiger partial charge in [-0.25, -0.2) is 0 Å². The minimum absolute atomic E-state index is 0.104. The quantitative estimate of drug-likeness (QED) is 0.632. The number of aryl methyl sites for hydroxylation is 1. The molecule has 1 rings (SSSR count). The number of carbonyl (C=O) groups is 1. The summed E-state index contributed by atoms with van der Waals surface area (Å²) in [5.41, 5.74) is -0.252. The van der Waals surface area contributed by atoms with Gasteiger partial charge in [-0.05, 0) is 38.8 Å². The first kappa shape index (κ1) is 14.9. The molecular formula is C13H17NO5. The fourth-order valence-electron chi connectivity index (χ4n) is 1.42. The van der Waals surface area contributed by atoms with E-state index in [0.717, 1.165) is 5.56 Å². The molecule has 104 valence electrons. The molecule has 1 N–H and O–H groups in total. The highest BCUT2D eigenvalue weighted by molar-refractivity contribution is 5.73. The van der Waals surface area contributed by atoms with Gasteiger partial charge in [0.05, 0.1) is 16.9 Å². The smallest absolute Gasteiger partial charge is 0.311 e. The Balaban J connectivity index is 2.74. The first-order valence-electron chi connectivity index (χ1n) is 5.85. The largest absolute Gasteiger partial charge is 0.487 e. The summed E-state index contributed by atoms with van der Waals surface area (Å²) in [5.74, 6) is -0.758. The third-order valence-electron chi connectivity index (χ3n) is 2.87. The molecule has 0 radical (unpaired) electrons. The fourth-order valence-corrected chi connectivity index (χ4v) is 1.42. The van der Waals surface area contributed by atoms with E-state index in [2.05, 4.69) is 0 Å². The van der Waals surface area contributed by atoms with Crippen molar-refractivity contribution in [1.82, 2.24) is 0 Å². The minimum atomic E-state index is -0.922. The highest BCUT2D eigenvalue weighted by Gasteiger charge is 2.27. The van der Waals surface area contributed by atoms with Crippen LogP contribution in [0.4, 0.5) is 5.69 Å². The van der Waals surface area contributed by atoms with Crippen LogP contribution in [0.15, 0.2) is 18.2 Å². The van der Waals surface area contributed by atoms with Gasteiger partial charge in [-0.1, -0.05) is 6.07 Å². The van der Waals surface area contributed by atoms with Gasteiger partial charge >= 0.3 is 11.7 Å². The van der Waals surface area contributed by atoms with Crippen molar-refractivity contribution in [2.75, 3.05) is 6.61 Å². The summed E-state index contributed by atoms with van der Waals surface area (Å²) in [6.45, 7) is 5.04. The van der Waals surface area contributed by atoms with E-state index in [1.807, 2.05) is 0 Å². The van der Waals surface area contributed by atoms with Crippen LogP contribution in [-0.4, -0.2) is 22.6 Å². The van der Waals surface area contributed by atoms with Crippen LogP contribution in [0.1, 0.15) is 25.8 Å². The molecule has 0 aliphatic rings. The second-order valence-corrected chi connectivity index (χ2v) is 5.02. The maximum Gasteiger partial charge on any atom is 0.311 e. The van der Waals surface area contributed by atoms with Crippen molar-refractivity contribution in [3.8, 4) is 5.75 Å². The number of carboxylic acids is 1. The van der Waals surface area contributed by atoms with Crippen molar-refractivity contribution < 1.29 is 19.6 Å². The molecule has 6 nitrogen and oxygen atoms in total. The third-order valence-corrected chi connectivity index (χ3v) is 2.87. The van der Waals surface area contributed by atoms with Gasteiger partial charge in [0.15, 0.2) is 5.75 Å². The Kier molecular flexibility index (Phi) is 4.47. The number of rotatable bonds is 6. The fraction of sp³-hybridized carbons (Fsp3) is 0.462. The molecule has 0 heterocycles. The first-order valence-corrected chi connectivity index (χ1v) is 5.85. The van der Waals surface area contributed by atoms with E-state index >= 15 is 0 Å². The zero-order valence-corrected chi connectivity index (χ0v) is 11.2. The summed E-state index contributed by atoms with van der Waals surface area (Å²) in [4.78, 5) is 21.3. The summed E-state index contributed by atoms with van der Waals surface area (Å²) in [6.07, 6.45) is 0.271. The number of carboxylic acid groups (broad SMARTS) is 1. The lowest BCUT2D eigenvalue weighted by Crippen LogP contribution is -2.25. The van der Waals surface area contributed by atoms with Crippen LogP contribution < -0.4 is 4.74 Å². The summed E-state index contributed by atoms with van der Waals surface area (Å²) in [6, 6.07) is 4.67. The summed E-state index contributed by atoms with van der Waals surface area (Å²) < 4.78 is 5.33. The summed E-state index contributed by atoms with van der Waals surface area (Å²) >= 11 is 0. The van der Waals surface area contributed by atoms with Crippen LogP contribution >= 0.6 is 0 Å². The number of hydrogen-bond donors (Lipinski definition) is 1. The normalized spacial score (nSPS) is 11.1. The molecule has 19 heavy (non-hydrogen) atoms. The molecule has 0 fully saturated rings. The second-order valence-electron chi connectivity index (χ2n) is 5.02. The number of nitro benzene ring substituents is 1. The van der Waals surface area contributed by atoms with Crippen molar-refractivity contribution in [3.05, 3.63) is 33.9 Å². The van der Waals surface area contributed by atoms with Gasteiger partial charge in [0.25, 0.3) is 0 Å². The van der Waals surface area contributed by atoms with Crippen molar-refractivity contribution >= 4 is 11.7 Å². The Morgan fingerprint density at radius 1 is 1.47 bits per heavy atom. The van der Waals surface area contributed by atoms with Gasteiger partial charge in [-0.15, -0.1) is 0 Å². The Bertz CT molecular complexity index is 496. The molecule has 0 bridgehead atoms. The highest BCUT2D eigenvalue weighted by Crippen LogP contribution is 2.29. The molecular weight excluding hydrogens is 250 g/mol. The highest BCUT2D eigenvalue weighted by atomic mass is 16.6. The zero-order chi connectivity index (χ0) is 14.6. The molecule has 0 spiro atoms. The van der Waals surface area contributed by atoms with Crippen LogP contribution in [0.3, 0.4) is 0 Å². The Morgan fingerprint density at radius 2 is 2.11 bits per heavy atom. The third kappa shape index (κ3) is 3.94. The molecule has 0 atom stereocenters. The second kappa shape index (κ2) is 5.69. The Labute approximate surface area is 111 Å². The van der Waals surface area contributed by atoms with E-state index in [1.165, 1.54) is 12.1 Å². The van der Waals surface area contributed by atoms with Crippen molar-refractivity contribution in [2.24, 2.45) is 5.41 Å². The van der Waals surface area contributed by atoms with E-state index in [9.17, 15) is 14.9 Å². The van der Waals surface area contributed by atoms with Crippen molar-refractivity contribution in [3.63, 3.8) is 0 Å². The van der Waals surface area contributed by atoms with Crippen molar-refractivity contribution in [2.45, 2.75) is 27.2 Å². The lowest BCUT2D eigenvalue weighted by atomic mass is 9.90. The van der Waals surface area contributed by atoms with E-state index in [0.29, 0.717) is 0 Å². The predicted octanol–water partition coefficient (Wildman–Crippen LogP) is 2.78. The van der Waals surface area contributed by atoms with Crippen LogP contribution in [0.5, 0.6) is 5.75 Å². The standard InChI is InChI=1S/C13H17NO5/c1-9-4-5-11(10(8-9)14(17)18)19-7-6-13(2,3)12(15)16/h4-5,8H,6-7H2,1-3H3,(H,15,16). The van der Waals surface area contributed by atoms with Crippen LogP contribution in [-0.2, 0) is 4.79 Å². The van der Waals surface area contributed by atoms with Gasteiger partial charge in [0.1, 0.15) is 0 Å². The van der Waals surface area contributed by atoms with Gasteiger partial charge in [-0.2, -0.15) is 0 Å². The molecule has 0 aromatic heterocycles. The minimum Gasteiger partial charge on any atom is -0.487 e. The van der Waals surface area contributed by atoms with Gasteiger partial charge in [-0.3, -0.25) is 14.9 Å². The van der Waals surface area contributed by atoms with Gasteiger partial charge < -0.3 is 9.84 Å². The molecule has 1 aromatic rings. The lowest BCUT2D eigenvalue weighted by Gasteiger charge is -2.18. The predicted molar refractivity (Wildman–Crippen MR) is 69.4 cm³/mol. The number of hydrogen-bond acceptors (Lipinski definition) is 4. The van der Waals surface area contributed by atoms with E-state index in [1.54, 1.807) is 26.8 Å². The van der Waals surface area contributed by atoms with E-state index in [-0.39, 0.29) is 24.5 Å².